The lowest BCUT2D eigenvalue weighted by atomic mass is 10.00. The zero-order valence-electron chi connectivity index (χ0n) is 11.1. The number of rotatable bonds is 0. The molecule has 96 valence electrons. The van der Waals surface area contributed by atoms with E-state index >= 15 is 0 Å². The number of fused-ring (bicyclic) bond motifs is 4. The number of benzene rings is 3. The maximum atomic E-state index is 12.3. The highest BCUT2D eigenvalue weighted by Gasteiger charge is 2.06. The van der Waals surface area contributed by atoms with Crippen molar-refractivity contribution in [1.29, 1.82) is 0 Å². The Morgan fingerprint density at radius 1 is 0.850 bits per heavy atom. The van der Waals surface area contributed by atoms with Gasteiger partial charge in [-0.1, -0.05) is 30.3 Å². The van der Waals surface area contributed by atoms with E-state index in [-0.39, 0.29) is 5.43 Å². The zero-order valence-corrected chi connectivity index (χ0v) is 11.1. The summed E-state index contributed by atoms with van der Waals surface area (Å²) in [5.74, 6) is 0. The summed E-state index contributed by atoms with van der Waals surface area (Å²) in [4.78, 5) is 15.6. The summed E-state index contributed by atoms with van der Waals surface area (Å²) >= 11 is 0. The van der Waals surface area contributed by atoms with E-state index in [1.807, 2.05) is 25.1 Å². The van der Waals surface area contributed by atoms with Gasteiger partial charge in [0, 0.05) is 11.8 Å². The van der Waals surface area contributed by atoms with Crippen molar-refractivity contribution in [3.8, 4) is 0 Å². The molecular formula is C18H13NO. The van der Waals surface area contributed by atoms with E-state index in [2.05, 4.69) is 35.3 Å². The van der Waals surface area contributed by atoms with Crippen LogP contribution < -0.4 is 5.43 Å². The van der Waals surface area contributed by atoms with E-state index in [9.17, 15) is 4.79 Å². The third kappa shape index (κ3) is 1.55. The van der Waals surface area contributed by atoms with Crippen LogP contribution in [0.5, 0.6) is 0 Å². The number of hydrogen-bond acceptors (Lipinski definition) is 1. The lowest BCUT2D eigenvalue weighted by Crippen LogP contribution is -2.03. The number of H-pyrrole nitrogens is 1. The average molecular weight is 259 g/mol. The molecule has 2 heteroatoms. The SMILES string of the molecule is Cc1cc(=O)c2c(ccc3cc4ccccc4cc32)[nH]1. The molecule has 0 saturated carbocycles. The van der Waals surface area contributed by atoms with Gasteiger partial charge in [-0.3, -0.25) is 4.79 Å². The second kappa shape index (κ2) is 3.94. The second-order valence-corrected chi connectivity index (χ2v) is 5.23. The molecule has 4 aromatic rings. The fourth-order valence-corrected chi connectivity index (χ4v) is 2.90. The van der Waals surface area contributed by atoms with E-state index in [0.29, 0.717) is 0 Å². The standard InChI is InChI=1S/C18H13NO/c1-11-8-17(20)18-15-10-13-5-3-2-4-12(13)9-14(15)6-7-16(18)19-11/h2-10H,1H3,(H,19,20). The van der Waals surface area contributed by atoms with Gasteiger partial charge in [0.25, 0.3) is 0 Å². The van der Waals surface area contributed by atoms with Crippen LogP contribution in [0.4, 0.5) is 0 Å². The maximum Gasteiger partial charge on any atom is 0.190 e. The fourth-order valence-electron chi connectivity index (χ4n) is 2.90. The van der Waals surface area contributed by atoms with Crippen LogP contribution in [0.2, 0.25) is 0 Å². The van der Waals surface area contributed by atoms with Gasteiger partial charge in [0.1, 0.15) is 0 Å². The van der Waals surface area contributed by atoms with Crippen molar-refractivity contribution >= 4 is 32.4 Å². The second-order valence-electron chi connectivity index (χ2n) is 5.23. The molecule has 0 aliphatic carbocycles. The first-order valence-corrected chi connectivity index (χ1v) is 6.67. The van der Waals surface area contributed by atoms with Gasteiger partial charge in [-0.2, -0.15) is 0 Å². The van der Waals surface area contributed by atoms with Crippen molar-refractivity contribution in [3.05, 3.63) is 70.5 Å². The Labute approximate surface area is 115 Å². The molecule has 0 aliphatic heterocycles. The minimum Gasteiger partial charge on any atom is -0.358 e. The molecule has 2 nitrogen and oxygen atoms in total. The van der Waals surface area contributed by atoms with Crippen molar-refractivity contribution < 1.29 is 0 Å². The first-order valence-electron chi connectivity index (χ1n) is 6.67. The number of aryl methyl sites for hydroxylation is 1. The van der Waals surface area contributed by atoms with Crippen LogP contribution in [0, 0.1) is 6.92 Å². The Morgan fingerprint density at radius 2 is 1.60 bits per heavy atom. The topological polar surface area (TPSA) is 32.9 Å². The molecule has 0 unspecified atom stereocenters. The number of aromatic nitrogens is 1. The van der Waals surface area contributed by atoms with Crippen LogP contribution in [0.3, 0.4) is 0 Å². The predicted octanol–water partition coefficient (Wildman–Crippen LogP) is 4.14. The third-order valence-corrected chi connectivity index (χ3v) is 3.81. The first kappa shape index (κ1) is 11.2. The van der Waals surface area contributed by atoms with Crippen molar-refractivity contribution in [3.63, 3.8) is 0 Å². The maximum absolute atomic E-state index is 12.3. The van der Waals surface area contributed by atoms with Gasteiger partial charge >= 0.3 is 0 Å². The van der Waals surface area contributed by atoms with E-state index in [0.717, 1.165) is 32.8 Å². The van der Waals surface area contributed by atoms with Crippen LogP contribution >= 0.6 is 0 Å². The summed E-state index contributed by atoms with van der Waals surface area (Å²) < 4.78 is 0. The Hall–Kier alpha value is -2.61. The molecule has 0 radical (unpaired) electrons. The van der Waals surface area contributed by atoms with Gasteiger partial charge in [0.05, 0.1) is 10.9 Å². The molecule has 0 bridgehead atoms. The normalized spacial score (nSPS) is 11.4. The summed E-state index contributed by atoms with van der Waals surface area (Å²) in [5.41, 5.74) is 1.87. The van der Waals surface area contributed by atoms with E-state index in [1.54, 1.807) is 6.07 Å². The van der Waals surface area contributed by atoms with Crippen LogP contribution in [0.1, 0.15) is 5.69 Å². The summed E-state index contributed by atoms with van der Waals surface area (Å²) in [5, 5.41) is 5.25. The molecular weight excluding hydrogens is 246 g/mol. The highest BCUT2D eigenvalue weighted by atomic mass is 16.1. The van der Waals surface area contributed by atoms with Gasteiger partial charge in [0.2, 0.25) is 0 Å². The van der Waals surface area contributed by atoms with Gasteiger partial charge < -0.3 is 4.98 Å². The molecule has 1 aromatic heterocycles. The molecule has 0 fully saturated rings. The minimum absolute atomic E-state index is 0.0807. The number of nitrogens with one attached hydrogen (secondary N) is 1. The third-order valence-electron chi connectivity index (χ3n) is 3.81. The van der Waals surface area contributed by atoms with Gasteiger partial charge in [-0.15, -0.1) is 0 Å². The van der Waals surface area contributed by atoms with Crippen LogP contribution in [-0.2, 0) is 0 Å². The molecule has 0 aliphatic rings. The Kier molecular flexibility index (Phi) is 2.21. The Bertz CT molecular complexity index is 1030. The molecule has 1 N–H and O–H groups in total. The largest absolute Gasteiger partial charge is 0.358 e. The van der Waals surface area contributed by atoms with Gasteiger partial charge in [-0.05, 0) is 46.7 Å². The first-order chi connectivity index (χ1) is 9.72. The quantitative estimate of drug-likeness (QED) is 0.373. The number of aromatic amines is 1. The van der Waals surface area contributed by atoms with Crippen molar-refractivity contribution in [2.45, 2.75) is 6.92 Å². The minimum atomic E-state index is 0.0807. The highest BCUT2D eigenvalue weighted by molar-refractivity contribution is 6.11. The molecule has 0 spiro atoms. The Morgan fingerprint density at radius 3 is 2.40 bits per heavy atom. The molecule has 1 heterocycles. The predicted molar refractivity (Wildman–Crippen MR) is 84.3 cm³/mol. The van der Waals surface area contributed by atoms with E-state index < -0.39 is 0 Å². The summed E-state index contributed by atoms with van der Waals surface area (Å²) in [7, 11) is 0. The molecule has 0 saturated heterocycles. The monoisotopic (exact) mass is 259 g/mol. The number of pyridine rings is 1. The van der Waals surface area contributed by atoms with Crippen LogP contribution in [-0.4, -0.2) is 4.98 Å². The fraction of sp³-hybridized carbons (Fsp3) is 0.0556. The molecule has 0 amide bonds. The van der Waals surface area contributed by atoms with Crippen LogP contribution in [0.25, 0.3) is 32.4 Å². The average Bonchev–Trinajstić information content (AvgIpc) is 2.44. The highest BCUT2D eigenvalue weighted by Crippen LogP contribution is 2.27. The summed E-state index contributed by atoms with van der Waals surface area (Å²) in [6.07, 6.45) is 0. The van der Waals surface area contributed by atoms with Crippen molar-refractivity contribution in [2.75, 3.05) is 0 Å². The van der Waals surface area contributed by atoms with Crippen LogP contribution in [0.15, 0.2) is 59.4 Å². The van der Waals surface area contributed by atoms with Gasteiger partial charge in [0.15, 0.2) is 5.43 Å². The Balaban J connectivity index is 2.29. The molecule has 20 heavy (non-hydrogen) atoms. The van der Waals surface area contributed by atoms with E-state index in [1.165, 1.54) is 5.39 Å². The zero-order chi connectivity index (χ0) is 13.7. The summed E-state index contributed by atoms with van der Waals surface area (Å²) in [6.45, 7) is 1.91. The molecule has 0 atom stereocenters. The number of hydrogen-bond donors (Lipinski definition) is 1. The summed E-state index contributed by atoms with van der Waals surface area (Å²) in [6, 6.07) is 18.2. The molecule has 4 rings (SSSR count). The van der Waals surface area contributed by atoms with Gasteiger partial charge in [-0.25, -0.2) is 0 Å². The lowest BCUT2D eigenvalue weighted by molar-refractivity contribution is 1.24. The smallest absolute Gasteiger partial charge is 0.190 e. The lowest BCUT2D eigenvalue weighted by Gasteiger charge is -2.06. The molecule has 3 aromatic carbocycles. The van der Waals surface area contributed by atoms with Crippen molar-refractivity contribution in [2.24, 2.45) is 0 Å². The van der Waals surface area contributed by atoms with E-state index in [4.69, 9.17) is 0 Å². The van der Waals surface area contributed by atoms with Crippen molar-refractivity contribution in [1.82, 2.24) is 4.98 Å².